The van der Waals surface area contributed by atoms with E-state index in [0.717, 1.165) is 0 Å². The van der Waals surface area contributed by atoms with Gasteiger partial charge in [-0.2, -0.15) is 0 Å². The maximum Gasteiger partial charge on any atom is 0.333 e. The van der Waals surface area contributed by atoms with Gasteiger partial charge in [-0.05, 0) is 13.8 Å². The SMILES string of the molecule is CCO[13C](=O)[13C](=[13CH2])[13CH3]. The summed E-state index contributed by atoms with van der Waals surface area (Å²) in [5, 5.41) is 0. The minimum absolute atomic E-state index is 0.312. The highest BCUT2D eigenvalue weighted by Crippen LogP contribution is 1.89. The van der Waals surface area contributed by atoms with Gasteiger partial charge in [0.1, 0.15) is 0 Å². The van der Waals surface area contributed by atoms with Gasteiger partial charge in [-0.25, -0.2) is 4.79 Å². The first-order chi connectivity index (χ1) is 3.68. The molecule has 0 bridgehead atoms. The summed E-state index contributed by atoms with van der Waals surface area (Å²) in [6.45, 7) is 7.21. The van der Waals surface area contributed by atoms with Crippen molar-refractivity contribution in [1.82, 2.24) is 0 Å². The van der Waals surface area contributed by atoms with E-state index in [1.54, 1.807) is 13.8 Å². The number of carbonyl (C=O) groups excluding carboxylic acids is 1. The van der Waals surface area contributed by atoms with Crippen molar-refractivity contribution in [2.24, 2.45) is 0 Å². The smallest absolute Gasteiger partial charge is 0.333 e. The predicted octanol–water partition coefficient (Wildman–Crippen LogP) is 1.13. The molecule has 0 aliphatic carbocycles. The summed E-state index contributed by atoms with van der Waals surface area (Å²) in [5.74, 6) is -0.312. The van der Waals surface area contributed by atoms with Gasteiger partial charge in [0.05, 0.1) is 6.61 Å². The van der Waals surface area contributed by atoms with E-state index in [1.165, 1.54) is 0 Å². The quantitative estimate of drug-likeness (QED) is 0.308. The van der Waals surface area contributed by atoms with Crippen LogP contribution in [0.3, 0.4) is 0 Å². The van der Waals surface area contributed by atoms with Crippen LogP contribution < -0.4 is 0 Å². The van der Waals surface area contributed by atoms with Gasteiger partial charge < -0.3 is 4.74 Å². The van der Waals surface area contributed by atoms with Crippen LogP contribution >= 0.6 is 0 Å². The number of rotatable bonds is 2. The van der Waals surface area contributed by atoms with Crippen molar-refractivity contribution in [3.8, 4) is 0 Å². The summed E-state index contributed by atoms with van der Waals surface area (Å²) in [4.78, 5) is 10.4. The van der Waals surface area contributed by atoms with Gasteiger partial charge in [-0.15, -0.1) is 0 Å². The van der Waals surface area contributed by atoms with E-state index >= 15 is 0 Å². The van der Waals surface area contributed by atoms with Gasteiger partial charge in [0.15, 0.2) is 0 Å². The summed E-state index contributed by atoms with van der Waals surface area (Å²) in [7, 11) is 0. The summed E-state index contributed by atoms with van der Waals surface area (Å²) < 4.78 is 4.56. The Morgan fingerprint density at radius 3 is 2.38 bits per heavy atom. The average molecular weight is 118 g/mol. The Morgan fingerprint density at radius 2 is 2.25 bits per heavy atom. The Balaban J connectivity index is 3.49. The number of hydrogen-bond donors (Lipinski definition) is 0. The fraction of sp³-hybridized carbons (Fsp3) is 0.500. The molecule has 0 saturated heterocycles. The van der Waals surface area contributed by atoms with Crippen LogP contribution in [0.25, 0.3) is 0 Å². The van der Waals surface area contributed by atoms with Gasteiger partial charge in [-0.3, -0.25) is 0 Å². The molecule has 2 nitrogen and oxygen atoms in total. The second-order valence-corrected chi connectivity index (χ2v) is 1.50. The number of carbonyl (C=O) groups is 1. The van der Waals surface area contributed by atoms with Crippen molar-refractivity contribution in [2.75, 3.05) is 6.61 Å². The molecule has 0 aliphatic rings. The van der Waals surface area contributed by atoms with Gasteiger partial charge in [0.2, 0.25) is 0 Å². The first kappa shape index (κ1) is 7.21. The van der Waals surface area contributed by atoms with Crippen molar-refractivity contribution in [3.05, 3.63) is 12.2 Å². The molecule has 0 unspecified atom stereocenters. The van der Waals surface area contributed by atoms with Crippen LogP contribution in [0.1, 0.15) is 13.8 Å². The van der Waals surface area contributed by atoms with Crippen LogP contribution in [-0.2, 0) is 9.53 Å². The molecule has 0 atom stereocenters. The van der Waals surface area contributed by atoms with Crippen LogP contribution in [0.5, 0.6) is 0 Å². The Bertz CT molecular complexity index is 105. The summed E-state index contributed by atoms with van der Waals surface area (Å²) in [6.07, 6.45) is 0. The molecule has 0 amide bonds. The molecule has 0 aromatic heterocycles. The first-order valence-electron chi connectivity index (χ1n) is 2.51. The zero-order valence-corrected chi connectivity index (χ0v) is 5.23. The van der Waals surface area contributed by atoms with Gasteiger partial charge in [0.25, 0.3) is 0 Å². The molecular formula is C6H10O2. The zero-order valence-electron chi connectivity index (χ0n) is 5.23. The van der Waals surface area contributed by atoms with Crippen molar-refractivity contribution < 1.29 is 9.53 Å². The fourth-order valence-electron chi connectivity index (χ4n) is 0.254. The molecule has 0 aliphatic heterocycles. The minimum atomic E-state index is -0.312. The average Bonchev–Trinajstić information content (AvgIpc) is 1.67. The molecule has 0 aromatic rings. The molecule has 0 N–H and O–H groups in total. The van der Waals surface area contributed by atoms with Crippen LogP contribution in [0.4, 0.5) is 0 Å². The molecule has 0 spiro atoms. The van der Waals surface area contributed by atoms with Crippen LogP contribution in [0.2, 0.25) is 0 Å². The molecule has 0 fully saturated rings. The fourth-order valence-corrected chi connectivity index (χ4v) is 0.254. The molecule has 0 rings (SSSR count). The zero-order chi connectivity index (χ0) is 6.57. The molecule has 2 heteroatoms. The van der Waals surface area contributed by atoms with Crippen molar-refractivity contribution in [2.45, 2.75) is 13.8 Å². The summed E-state index contributed by atoms with van der Waals surface area (Å²) in [5.41, 5.74) is 0.451. The lowest BCUT2D eigenvalue weighted by Gasteiger charge is -1.96. The third kappa shape index (κ3) is 2.39. The Kier molecular flexibility index (Phi) is 2.92. The first-order valence-corrected chi connectivity index (χ1v) is 2.51. The van der Waals surface area contributed by atoms with E-state index in [4.69, 9.17) is 0 Å². The minimum Gasteiger partial charge on any atom is -0.463 e. The molecular weight excluding hydrogens is 108 g/mol. The maximum atomic E-state index is 10.4. The lowest BCUT2D eigenvalue weighted by molar-refractivity contribution is -0.138. The number of hydrogen-bond acceptors (Lipinski definition) is 2. The molecule has 46 valence electrons. The van der Waals surface area contributed by atoms with Crippen molar-refractivity contribution in [1.29, 1.82) is 0 Å². The van der Waals surface area contributed by atoms with Gasteiger partial charge >= 0.3 is 5.97 Å². The highest BCUT2D eigenvalue weighted by molar-refractivity contribution is 5.86. The Morgan fingerprint density at radius 1 is 1.75 bits per heavy atom. The molecule has 0 radical (unpaired) electrons. The van der Waals surface area contributed by atoms with E-state index < -0.39 is 0 Å². The number of ether oxygens (including phenoxy) is 1. The largest absolute Gasteiger partial charge is 0.463 e. The third-order valence-corrected chi connectivity index (χ3v) is 0.624. The standard InChI is InChI=1S/C6H10O2/c1-4-8-6(7)5(2)3/h2,4H2,1,3H3/i2+1,3+1,5+1,6+1. The molecule has 0 heterocycles. The summed E-state index contributed by atoms with van der Waals surface area (Å²) >= 11 is 0. The monoisotopic (exact) mass is 118 g/mol. The highest BCUT2D eigenvalue weighted by Gasteiger charge is 1.98. The molecule has 0 saturated carbocycles. The van der Waals surface area contributed by atoms with Crippen LogP contribution in [0.15, 0.2) is 12.2 Å². The predicted molar refractivity (Wildman–Crippen MR) is 31.4 cm³/mol. The lowest BCUT2D eigenvalue weighted by atomic mass is 10.9. The highest BCUT2D eigenvalue weighted by atomic mass is 16.6. The van der Waals surface area contributed by atoms with Crippen LogP contribution in [-0.4, -0.2) is 12.6 Å². The molecule has 8 heavy (non-hydrogen) atoms. The van der Waals surface area contributed by atoms with Gasteiger partial charge in [0, 0.05) is 5.57 Å². The van der Waals surface area contributed by atoms with Gasteiger partial charge in [-0.1, -0.05) is 6.58 Å². The van der Waals surface area contributed by atoms with E-state index in [9.17, 15) is 4.79 Å². The lowest BCUT2D eigenvalue weighted by Crippen LogP contribution is -2.03. The topological polar surface area (TPSA) is 26.3 Å². The van der Waals surface area contributed by atoms with Crippen molar-refractivity contribution in [3.63, 3.8) is 0 Å². The van der Waals surface area contributed by atoms with Crippen molar-refractivity contribution >= 4 is 5.97 Å². The van der Waals surface area contributed by atoms with Crippen LogP contribution in [0, 0.1) is 0 Å². The Hall–Kier alpha value is -0.790. The van der Waals surface area contributed by atoms with E-state index in [2.05, 4.69) is 11.3 Å². The second kappa shape index (κ2) is 3.24. The Labute approximate surface area is 49.1 Å². The maximum absolute atomic E-state index is 10.4. The van der Waals surface area contributed by atoms with E-state index in [1.807, 2.05) is 0 Å². The normalized spacial score (nSPS) is 8.25. The third-order valence-electron chi connectivity index (χ3n) is 0.624. The number of esters is 1. The summed E-state index contributed by atoms with van der Waals surface area (Å²) in [6, 6.07) is 0. The second-order valence-electron chi connectivity index (χ2n) is 1.50. The molecule has 0 aromatic carbocycles. The van der Waals surface area contributed by atoms with E-state index in [0.29, 0.717) is 12.2 Å². The van der Waals surface area contributed by atoms with E-state index in [-0.39, 0.29) is 5.97 Å².